The van der Waals surface area contributed by atoms with Crippen molar-refractivity contribution in [2.75, 3.05) is 26.2 Å². The number of hydrogen-bond acceptors (Lipinski definition) is 5. The summed E-state index contributed by atoms with van der Waals surface area (Å²) in [5.41, 5.74) is 0.379. The Balaban J connectivity index is 0. The number of rotatable bonds is 6. The molecule has 8 heteroatoms. The maximum absolute atomic E-state index is 11.3. The molecule has 1 aromatic heterocycles. The van der Waals surface area contributed by atoms with Crippen LogP contribution in [-0.4, -0.2) is 53.4 Å². The summed E-state index contributed by atoms with van der Waals surface area (Å²) < 4.78 is 5.18. The van der Waals surface area contributed by atoms with Gasteiger partial charge in [-0.1, -0.05) is 13.8 Å². The largest absolute Gasteiger partial charge is 1.00 e. The number of hydrogen-bond donors (Lipinski definition) is 1. The zero-order valence-electron chi connectivity index (χ0n) is 13.7. The van der Waals surface area contributed by atoms with Crippen LogP contribution in [0.1, 0.15) is 19.4 Å². The van der Waals surface area contributed by atoms with Crippen LogP contribution >= 0.6 is 0 Å². The van der Waals surface area contributed by atoms with Crippen LogP contribution < -0.4 is 5.63 Å². The van der Waals surface area contributed by atoms with E-state index in [1.54, 1.807) is 24.4 Å². The molecule has 2 rings (SSSR count). The molecular weight excluding hydrogens is 364 g/mol. The quantitative estimate of drug-likeness (QED) is 0.442. The molecule has 7 nitrogen and oxygen atoms in total. The summed E-state index contributed by atoms with van der Waals surface area (Å²) in [7, 11) is 0. The van der Waals surface area contributed by atoms with Crippen LogP contribution in [-0.2, 0) is 17.1 Å². The molecule has 0 bridgehead atoms. The number of aliphatic imine (C=N–C) groups is 1. The Labute approximate surface area is 151 Å². The average molecular weight is 388 g/mol. The zero-order chi connectivity index (χ0) is 15.2. The maximum Gasteiger partial charge on any atom is 1.00 e. The average Bonchev–Trinajstić information content (AvgIpc) is 2.49. The molecule has 0 radical (unpaired) electrons. The van der Waals surface area contributed by atoms with Gasteiger partial charge in [-0.2, -0.15) is 0 Å². The van der Waals surface area contributed by atoms with E-state index in [-0.39, 0.29) is 33.8 Å². The number of phenolic OH excluding ortho intramolecular Hbond substituents is 1. The van der Waals surface area contributed by atoms with Crippen LogP contribution in [0.15, 0.2) is 38.5 Å². The first-order valence-electron chi connectivity index (χ1n) is 7.13. The van der Waals surface area contributed by atoms with E-state index in [4.69, 9.17) is 4.42 Å². The summed E-state index contributed by atoms with van der Waals surface area (Å²) >= 11 is 0. The Hall–Kier alpha value is -1.70. The summed E-state index contributed by atoms with van der Waals surface area (Å²) in [4.78, 5) is 17.9. The van der Waals surface area contributed by atoms with Crippen molar-refractivity contribution in [2.24, 2.45) is 4.99 Å². The second kappa shape index (κ2) is 11.8. The second-order valence-electron chi connectivity index (χ2n) is 4.73. The predicted octanol–water partition coefficient (Wildman–Crippen LogP) is 0.607. The van der Waals surface area contributed by atoms with Gasteiger partial charge < -0.3 is 25.4 Å². The topological polar surface area (TPSA) is 129 Å². The fraction of sp³-hybridized carbons (Fsp3) is 0.375. The van der Waals surface area contributed by atoms with Gasteiger partial charge in [0.05, 0.1) is 12.1 Å². The Morgan fingerprint density at radius 1 is 1.17 bits per heavy atom. The van der Waals surface area contributed by atoms with Crippen molar-refractivity contribution >= 4 is 17.2 Å². The molecule has 0 amide bonds. The molecule has 0 saturated carbocycles. The Morgan fingerprint density at radius 3 is 2.42 bits per heavy atom. The van der Waals surface area contributed by atoms with Crippen molar-refractivity contribution in [2.45, 2.75) is 13.8 Å². The first kappa shape index (κ1) is 24.6. The minimum atomic E-state index is -0.439. The van der Waals surface area contributed by atoms with Gasteiger partial charge in [0.2, 0.25) is 0 Å². The van der Waals surface area contributed by atoms with Gasteiger partial charge in [0, 0.05) is 24.2 Å². The number of phenols is 1. The van der Waals surface area contributed by atoms with Gasteiger partial charge in [0.15, 0.2) is 5.58 Å². The summed E-state index contributed by atoms with van der Waals surface area (Å²) in [5.74, 6) is 0.0587. The smallest absolute Gasteiger partial charge is 0.507 e. The van der Waals surface area contributed by atoms with E-state index in [2.05, 4.69) is 23.7 Å². The van der Waals surface area contributed by atoms with E-state index in [1.807, 2.05) is 0 Å². The van der Waals surface area contributed by atoms with Crippen LogP contribution in [0.3, 0.4) is 0 Å². The molecule has 1 heterocycles. The fourth-order valence-corrected chi connectivity index (χ4v) is 2.16. The minimum Gasteiger partial charge on any atom is -0.507 e. The number of aromatic hydroxyl groups is 1. The van der Waals surface area contributed by atoms with Gasteiger partial charge in [-0.3, -0.25) is 4.99 Å². The van der Waals surface area contributed by atoms with Gasteiger partial charge in [-0.25, -0.2) is 4.79 Å². The normalized spacial score (nSPS) is 10.3. The Morgan fingerprint density at radius 2 is 1.79 bits per heavy atom. The van der Waals surface area contributed by atoms with Crippen molar-refractivity contribution in [1.82, 2.24) is 4.90 Å². The summed E-state index contributed by atoms with van der Waals surface area (Å²) in [5, 5.41) is 10.7. The molecule has 0 spiro atoms. The molecule has 0 aliphatic carbocycles. The van der Waals surface area contributed by atoms with E-state index in [9.17, 15) is 9.90 Å². The van der Waals surface area contributed by atoms with Gasteiger partial charge in [0.25, 0.3) is 0 Å². The van der Waals surface area contributed by atoms with Crippen LogP contribution in [0, 0.1) is 0 Å². The molecule has 2 aromatic rings. The molecule has 138 valence electrons. The number of fused-ring (bicyclic) bond motifs is 1. The van der Waals surface area contributed by atoms with Gasteiger partial charge in [-0.15, -0.1) is 0 Å². The number of nitrogens with zero attached hydrogens (tertiary/aromatic N) is 2. The SMILES string of the molecule is CCN(CC)CCN=Cc1c(O)ccc2ccc(=O)oc12.O.O.[Cu+]. The maximum atomic E-state index is 11.3. The van der Waals surface area contributed by atoms with Crippen LogP contribution in [0.2, 0.25) is 0 Å². The van der Waals surface area contributed by atoms with Crippen molar-refractivity contribution in [3.8, 4) is 5.75 Å². The fourth-order valence-electron chi connectivity index (χ4n) is 2.16. The first-order chi connectivity index (χ1) is 10.2. The van der Waals surface area contributed by atoms with E-state index in [0.29, 0.717) is 17.7 Å². The molecule has 1 aromatic carbocycles. The standard InChI is InChI=1S/C16H20N2O3.Cu.2H2O/c1-3-18(4-2)10-9-17-11-13-14(19)7-5-12-6-8-15(20)21-16(12)13;;;/h5-8,11,19H,3-4,9-10H2,1-2H3;;2*1H2/q;+1;;. The molecule has 0 aliphatic rings. The monoisotopic (exact) mass is 387 g/mol. The molecule has 24 heavy (non-hydrogen) atoms. The van der Waals surface area contributed by atoms with Crippen LogP contribution in [0.25, 0.3) is 11.0 Å². The van der Waals surface area contributed by atoms with E-state index < -0.39 is 5.63 Å². The Kier molecular flexibility index (Phi) is 12.0. The summed E-state index contributed by atoms with van der Waals surface area (Å²) in [6.07, 6.45) is 1.57. The zero-order valence-corrected chi connectivity index (χ0v) is 14.6. The molecular formula is C16H24CuN2O5+. The van der Waals surface area contributed by atoms with Gasteiger partial charge >= 0.3 is 22.7 Å². The summed E-state index contributed by atoms with van der Waals surface area (Å²) in [6, 6.07) is 6.32. The molecule has 5 N–H and O–H groups in total. The van der Waals surface area contributed by atoms with Crippen molar-refractivity contribution in [3.63, 3.8) is 0 Å². The van der Waals surface area contributed by atoms with Crippen molar-refractivity contribution in [1.29, 1.82) is 0 Å². The molecule has 0 atom stereocenters. The number of likely N-dealkylation sites (N-methyl/N-ethyl adjacent to an activating group) is 1. The predicted molar refractivity (Wildman–Crippen MR) is 91.6 cm³/mol. The van der Waals surface area contributed by atoms with E-state index in [1.165, 1.54) is 6.07 Å². The third kappa shape index (κ3) is 6.07. The summed E-state index contributed by atoms with van der Waals surface area (Å²) in [6.45, 7) is 7.69. The molecule has 0 unspecified atom stereocenters. The van der Waals surface area contributed by atoms with Crippen molar-refractivity contribution in [3.05, 3.63) is 40.2 Å². The first-order valence-corrected chi connectivity index (χ1v) is 7.13. The third-order valence-corrected chi connectivity index (χ3v) is 3.47. The van der Waals surface area contributed by atoms with Crippen LogP contribution in [0.4, 0.5) is 0 Å². The Bertz CT molecular complexity index is 698. The number of benzene rings is 1. The van der Waals surface area contributed by atoms with Crippen molar-refractivity contribution < 1.29 is 37.5 Å². The van der Waals surface area contributed by atoms with E-state index in [0.717, 1.165) is 25.0 Å². The second-order valence-corrected chi connectivity index (χ2v) is 4.73. The molecule has 0 saturated heterocycles. The van der Waals surface area contributed by atoms with Gasteiger partial charge in [-0.05, 0) is 31.3 Å². The minimum absolute atomic E-state index is 0. The van der Waals surface area contributed by atoms with Crippen LogP contribution in [0.5, 0.6) is 5.75 Å². The van der Waals surface area contributed by atoms with E-state index >= 15 is 0 Å². The molecule has 0 fully saturated rings. The third-order valence-electron chi connectivity index (χ3n) is 3.47. The molecule has 0 aliphatic heterocycles. The van der Waals surface area contributed by atoms with Gasteiger partial charge in [0.1, 0.15) is 5.75 Å².